The van der Waals surface area contributed by atoms with E-state index in [9.17, 15) is 9.59 Å². The van der Waals surface area contributed by atoms with Gasteiger partial charge in [0.05, 0.1) is 11.7 Å². The summed E-state index contributed by atoms with van der Waals surface area (Å²) in [6, 6.07) is 13.3. The van der Waals surface area contributed by atoms with Crippen LogP contribution >= 0.6 is 22.9 Å². The number of nitrogens with one attached hydrogen (secondary N) is 1. The van der Waals surface area contributed by atoms with Crippen LogP contribution in [0.1, 0.15) is 16.0 Å². The van der Waals surface area contributed by atoms with E-state index in [1.54, 1.807) is 18.2 Å². The molecule has 2 aromatic heterocycles. The summed E-state index contributed by atoms with van der Waals surface area (Å²) in [7, 11) is 0. The zero-order valence-electron chi connectivity index (χ0n) is 16.8. The van der Waals surface area contributed by atoms with Crippen LogP contribution in [0.25, 0.3) is 21.3 Å². The van der Waals surface area contributed by atoms with Crippen molar-refractivity contribution < 1.29 is 4.79 Å². The molecule has 0 radical (unpaired) electrons. The van der Waals surface area contributed by atoms with Crippen LogP contribution in [-0.4, -0.2) is 15.5 Å². The Bertz CT molecular complexity index is 1320. The first-order chi connectivity index (χ1) is 14.3. The lowest BCUT2D eigenvalue weighted by molar-refractivity contribution is -0.116. The molecule has 1 amide bonds. The van der Waals surface area contributed by atoms with Gasteiger partial charge < -0.3 is 5.32 Å². The molecule has 4 aromatic rings. The SMILES string of the molecule is Cc1ccc(-c2c(C)sc3ncn(CC(=O)Nc4ccc(Cl)cc4C)c(=O)c23)cc1. The van der Waals surface area contributed by atoms with Crippen molar-refractivity contribution in [3.63, 3.8) is 0 Å². The fraction of sp³-hybridized carbons (Fsp3) is 0.174. The van der Waals surface area contributed by atoms with E-state index in [2.05, 4.69) is 10.3 Å². The van der Waals surface area contributed by atoms with Gasteiger partial charge in [0, 0.05) is 21.2 Å². The van der Waals surface area contributed by atoms with Crippen molar-refractivity contribution in [3.05, 3.63) is 80.2 Å². The molecular formula is C23H20ClN3O2S. The van der Waals surface area contributed by atoms with Crippen LogP contribution in [0, 0.1) is 20.8 Å². The van der Waals surface area contributed by atoms with Crippen LogP contribution in [0.4, 0.5) is 5.69 Å². The molecule has 0 aliphatic rings. The first-order valence-electron chi connectivity index (χ1n) is 9.45. The number of amides is 1. The summed E-state index contributed by atoms with van der Waals surface area (Å²) in [5.74, 6) is -0.299. The molecular weight excluding hydrogens is 418 g/mol. The Morgan fingerprint density at radius 1 is 1.13 bits per heavy atom. The molecule has 0 bridgehead atoms. The Morgan fingerprint density at radius 2 is 1.87 bits per heavy atom. The zero-order chi connectivity index (χ0) is 21.4. The maximum Gasteiger partial charge on any atom is 0.263 e. The fourth-order valence-corrected chi connectivity index (χ4v) is 4.66. The van der Waals surface area contributed by atoms with E-state index in [4.69, 9.17) is 11.6 Å². The Morgan fingerprint density at radius 3 is 2.57 bits per heavy atom. The zero-order valence-corrected chi connectivity index (χ0v) is 18.4. The lowest BCUT2D eigenvalue weighted by Crippen LogP contribution is -2.28. The molecule has 7 heteroatoms. The average Bonchev–Trinajstić information content (AvgIpc) is 3.04. The van der Waals surface area contributed by atoms with Crippen LogP contribution in [0.5, 0.6) is 0 Å². The third-order valence-corrected chi connectivity index (χ3v) is 6.22. The maximum atomic E-state index is 13.2. The summed E-state index contributed by atoms with van der Waals surface area (Å²) < 4.78 is 1.35. The van der Waals surface area contributed by atoms with Crippen LogP contribution in [0.3, 0.4) is 0 Å². The highest BCUT2D eigenvalue weighted by Gasteiger charge is 2.18. The molecule has 0 fully saturated rings. The molecule has 0 saturated heterocycles. The normalized spacial score (nSPS) is 11.1. The number of halogens is 1. The molecule has 4 rings (SSSR count). The summed E-state index contributed by atoms with van der Waals surface area (Å²) in [6.07, 6.45) is 1.44. The predicted octanol–water partition coefficient (Wildman–Crippen LogP) is 5.34. The second-order valence-electron chi connectivity index (χ2n) is 7.26. The van der Waals surface area contributed by atoms with Gasteiger partial charge in [0.1, 0.15) is 11.4 Å². The van der Waals surface area contributed by atoms with Gasteiger partial charge in [-0.15, -0.1) is 11.3 Å². The van der Waals surface area contributed by atoms with Crippen molar-refractivity contribution in [2.24, 2.45) is 0 Å². The molecule has 0 aliphatic carbocycles. The number of anilines is 1. The molecule has 0 unspecified atom stereocenters. The summed E-state index contributed by atoms with van der Waals surface area (Å²) in [4.78, 5) is 32.0. The Kier molecular flexibility index (Phi) is 5.45. The van der Waals surface area contributed by atoms with Crippen molar-refractivity contribution in [1.82, 2.24) is 9.55 Å². The van der Waals surface area contributed by atoms with Gasteiger partial charge in [-0.2, -0.15) is 0 Å². The molecule has 0 saturated carbocycles. The standard InChI is InChI=1S/C23H20ClN3O2S/c1-13-4-6-16(7-5-13)20-15(3)30-22-21(20)23(29)27(12-25-22)11-19(28)26-18-9-8-17(24)10-14(18)2/h4-10,12H,11H2,1-3H3,(H,26,28). The second kappa shape index (κ2) is 8.05. The number of thiophene rings is 1. The van der Waals surface area contributed by atoms with E-state index in [-0.39, 0.29) is 18.0 Å². The van der Waals surface area contributed by atoms with Crippen LogP contribution in [0.2, 0.25) is 5.02 Å². The van der Waals surface area contributed by atoms with E-state index < -0.39 is 0 Å². The first-order valence-corrected chi connectivity index (χ1v) is 10.6. The molecule has 0 atom stereocenters. The highest BCUT2D eigenvalue weighted by Crippen LogP contribution is 2.35. The molecule has 5 nitrogen and oxygen atoms in total. The summed E-state index contributed by atoms with van der Waals surface area (Å²) in [5.41, 5.74) is 4.31. The van der Waals surface area contributed by atoms with E-state index in [0.717, 1.165) is 27.1 Å². The van der Waals surface area contributed by atoms with Crippen molar-refractivity contribution in [2.75, 3.05) is 5.32 Å². The van der Waals surface area contributed by atoms with E-state index >= 15 is 0 Å². The number of aromatic nitrogens is 2. The third kappa shape index (κ3) is 3.88. The van der Waals surface area contributed by atoms with Gasteiger partial charge in [-0.25, -0.2) is 4.98 Å². The molecule has 1 N–H and O–H groups in total. The number of benzene rings is 2. The Hall–Kier alpha value is -2.96. The van der Waals surface area contributed by atoms with Gasteiger partial charge in [-0.3, -0.25) is 14.2 Å². The van der Waals surface area contributed by atoms with E-state index in [0.29, 0.717) is 20.9 Å². The van der Waals surface area contributed by atoms with Gasteiger partial charge in [0.25, 0.3) is 5.56 Å². The molecule has 2 aromatic carbocycles. The number of hydrogen-bond acceptors (Lipinski definition) is 4. The number of nitrogens with zero attached hydrogens (tertiary/aromatic N) is 2. The van der Waals surface area contributed by atoms with Gasteiger partial charge in [-0.05, 0) is 50.1 Å². The fourth-order valence-electron chi connectivity index (χ4n) is 3.43. The summed E-state index contributed by atoms with van der Waals surface area (Å²) >= 11 is 7.46. The quantitative estimate of drug-likeness (QED) is 0.468. The van der Waals surface area contributed by atoms with Crippen LogP contribution in [-0.2, 0) is 11.3 Å². The minimum absolute atomic E-state index is 0.119. The van der Waals surface area contributed by atoms with Crippen LogP contribution < -0.4 is 10.9 Å². The van der Waals surface area contributed by atoms with E-state index in [1.165, 1.54) is 22.2 Å². The number of carbonyl (C=O) groups excluding carboxylic acids is 1. The average molecular weight is 438 g/mol. The Labute approximate surface area is 183 Å². The lowest BCUT2D eigenvalue weighted by Gasteiger charge is -2.10. The van der Waals surface area contributed by atoms with Gasteiger partial charge >= 0.3 is 0 Å². The monoisotopic (exact) mass is 437 g/mol. The molecule has 2 heterocycles. The summed E-state index contributed by atoms with van der Waals surface area (Å²) in [5, 5.41) is 4.00. The topological polar surface area (TPSA) is 64.0 Å². The second-order valence-corrected chi connectivity index (χ2v) is 8.90. The van der Waals surface area contributed by atoms with Gasteiger partial charge in [-0.1, -0.05) is 41.4 Å². The molecule has 152 valence electrons. The minimum atomic E-state index is -0.299. The highest BCUT2D eigenvalue weighted by molar-refractivity contribution is 7.19. The van der Waals surface area contributed by atoms with Crippen molar-refractivity contribution in [3.8, 4) is 11.1 Å². The van der Waals surface area contributed by atoms with Crippen molar-refractivity contribution >= 4 is 44.7 Å². The minimum Gasteiger partial charge on any atom is -0.324 e. The number of fused-ring (bicyclic) bond motifs is 1. The largest absolute Gasteiger partial charge is 0.324 e. The van der Waals surface area contributed by atoms with E-state index in [1.807, 2.05) is 45.0 Å². The van der Waals surface area contributed by atoms with Crippen molar-refractivity contribution in [1.29, 1.82) is 0 Å². The third-order valence-electron chi connectivity index (χ3n) is 4.97. The molecule has 0 aliphatic heterocycles. The molecule has 30 heavy (non-hydrogen) atoms. The Balaban J connectivity index is 1.69. The van der Waals surface area contributed by atoms with Crippen LogP contribution in [0.15, 0.2) is 53.6 Å². The number of carbonyl (C=O) groups is 1. The maximum absolute atomic E-state index is 13.2. The smallest absolute Gasteiger partial charge is 0.263 e. The number of rotatable bonds is 4. The molecule has 0 spiro atoms. The van der Waals surface area contributed by atoms with Crippen molar-refractivity contribution in [2.45, 2.75) is 27.3 Å². The lowest BCUT2D eigenvalue weighted by atomic mass is 10.0. The summed E-state index contributed by atoms with van der Waals surface area (Å²) in [6.45, 7) is 5.76. The highest BCUT2D eigenvalue weighted by atomic mass is 35.5. The van der Waals surface area contributed by atoms with Gasteiger partial charge in [0.15, 0.2) is 0 Å². The number of aryl methyl sites for hydroxylation is 3. The predicted molar refractivity (Wildman–Crippen MR) is 124 cm³/mol. The van der Waals surface area contributed by atoms with Gasteiger partial charge in [0.2, 0.25) is 5.91 Å². The first kappa shape index (κ1) is 20.3. The number of hydrogen-bond donors (Lipinski definition) is 1.